The van der Waals surface area contributed by atoms with Gasteiger partial charge in [-0.1, -0.05) is 32.4 Å². The molecule has 2 aromatic rings. The first-order valence-corrected chi connectivity index (χ1v) is 9.45. The van der Waals surface area contributed by atoms with Crippen molar-refractivity contribution in [2.75, 3.05) is 0 Å². The van der Waals surface area contributed by atoms with Gasteiger partial charge < -0.3 is 4.74 Å². The van der Waals surface area contributed by atoms with Gasteiger partial charge in [-0.3, -0.25) is 9.67 Å². The summed E-state index contributed by atoms with van der Waals surface area (Å²) in [5, 5.41) is 4.56. The summed E-state index contributed by atoms with van der Waals surface area (Å²) in [4.78, 5) is 20.4. The number of carbonyl (C=O) groups excluding carboxylic acids is 2. The molecule has 0 saturated heterocycles. The molecule has 6 nitrogen and oxygen atoms in total. The first-order valence-electron chi connectivity index (χ1n) is 9.08. The molecule has 0 saturated carbocycles. The molecule has 2 aromatic heterocycles. The van der Waals surface area contributed by atoms with Gasteiger partial charge in [0.25, 0.3) is 0 Å². The van der Waals surface area contributed by atoms with Crippen LogP contribution < -0.4 is 4.74 Å². The zero-order valence-corrected chi connectivity index (χ0v) is 17.9. The van der Waals surface area contributed by atoms with Gasteiger partial charge in [-0.25, -0.2) is 0 Å². The van der Waals surface area contributed by atoms with E-state index in [4.69, 9.17) is 21.2 Å². The zero-order valence-electron chi connectivity index (χ0n) is 17.2. The predicted octanol–water partition coefficient (Wildman–Crippen LogP) is 5.33. The van der Waals surface area contributed by atoms with E-state index in [0.717, 1.165) is 19.9 Å². The van der Waals surface area contributed by atoms with Crippen molar-refractivity contribution in [1.82, 2.24) is 14.8 Å². The summed E-state index contributed by atoms with van der Waals surface area (Å²) >= 11 is 6.34. The molecular formula is C19H21ClF5N3O3. The SMILES string of the molecule is CCc1nn(CC)c(-c2ncc(CC(C)(C)C(F)(F)F)cc2OC(F)F)c1Cl.O=C=O. The Labute approximate surface area is 180 Å². The van der Waals surface area contributed by atoms with Crippen LogP contribution in [0.2, 0.25) is 5.02 Å². The monoisotopic (exact) mass is 469 g/mol. The van der Waals surface area contributed by atoms with E-state index in [-0.39, 0.29) is 28.2 Å². The van der Waals surface area contributed by atoms with Crippen molar-refractivity contribution in [3.05, 3.63) is 28.5 Å². The topological polar surface area (TPSA) is 74.1 Å². The summed E-state index contributed by atoms with van der Waals surface area (Å²) in [6, 6.07) is 1.15. The molecule has 0 aromatic carbocycles. The van der Waals surface area contributed by atoms with Crippen LogP contribution in [0.4, 0.5) is 22.0 Å². The second kappa shape index (κ2) is 10.7. The molecule has 0 aliphatic carbocycles. The Morgan fingerprint density at radius 2 is 1.81 bits per heavy atom. The largest absolute Gasteiger partial charge is 0.432 e. The number of aromatic nitrogens is 3. The van der Waals surface area contributed by atoms with Crippen LogP contribution in [-0.2, 0) is 29.0 Å². The van der Waals surface area contributed by atoms with Crippen LogP contribution in [0.5, 0.6) is 5.75 Å². The fourth-order valence-corrected chi connectivity index (χ4v) is 3.08. The van der Waals surface area contributed by atoms with Gasteiger partial charge in [0.1, 0.15) is 11.4 Å². The van der Waals surface area contributed by atoms with Crippen LogP contribution >= 0.6 is 11.6 Å². The standard InChI is InChI=1S/C18H21ClF5N3O.CO2/c1-5-11-13(19)15(27(6-2)26-11)14-12(28-16(20)21)7-10(9-25-14)8-17(3,4)18(22,23)24;2-1-3/h7,9,16H,5-6,8H2,1-4H3;. The van der Waals surface area contributed by atoms with Gasteiger partial charge in [0.05, 0.1) is 16.1 Å². The Balaban J connectivity index is 0.00000151. The van der Waals surface area contributed by atoms with Gasteiger partial charge >= 0.3 is 18.9 Å². The van der Waals surface area contributed by atoms with Crippen LogP contribution in [0, 0.1) is 5.41 Å². The van der Waals surface area contributed by atoms with Crippen molar-refractivity contribution in [2.45, 2.75) is 59.9 Å². The summed E-state index contributed by atoms with van der Waals surface area (Å²) in [6.45, 7) is 2.92. The lowest BCUT2D eigenvalue weighted by molar-refractivity contribution is -0.211. The minimum Gasteiger partial charge on any atom is -0.432 e. The van der Waals surface area contributed by atoms with Gasteiger partial charge in [0.15, 0.2) is 5.75 Å². The number of pyridine rings is 1. The van der Waals surface area contributed by atoms with E-state index in [9.17, 15) is 22.0 Å². The highest BCUT2D eigenvalue weighted by Crippen LogP contribution is 2.42. The van der Waals surface area contributed by atoms with Crippen molar-refractivity contribution in [3.63, 3.8) is 0 Å². The van der Waals surface area contributed by atoms with Gasteiger partial charge in [0.2, 0.25) is 0 Å². The quantitative estimate of drug-likeness (QED) is 0.512. The smallest absolute Gasteiger partial charge is 0.394 e. The minimum absolute atomic E-state index is 0.00733. The van der Waals surface area contributed by atoms with E-state index in [2.05, 4.69) is 14.8 Å². The lowest BCUT2D eigenvalue weighted by Crippen LogP contribution is -2.34. The maximum Gasteiger partial charge on any atom is 0.394 e. The van der Waals surface area contributed by atoms with E-state index in [1.165, 1.54) is 10.9 Å². The molecule has 12 heteroatoms. The summed E-state index contributed by atoms with van der Waals surface area (Å²) in [7, 11) is 0. The molecule has 0 radical (unpaired) electrons. The van der Waals surface area contributed by atoms with Crippen molar-refractivity contribution in [1.29, 1.82) is 0 Å². The normalized spacial score (nSPS) is 11.7. The molecular weight excluding hydrogens is 449 g/mol. The molecule has 0 fully saturated rings. The molecule has 0 amide bonds. The third-order valence-corrected chi connectivity index (χ3v) is 4.76. The van der Waals surface area contributed by atoms with E-state index in [1.54, 1.807) is 6.92 Å². The zero-order chi connectivity index (χ0) is 24.0. The number of aryl methyl sites for hydroxylation is 2. The summed E-state index contributed by atoms with van der Waals surface area (Å²) < 4.78 is 71.5. The Hall–Kier alpha value is -2.52. The Bertz CT molecular complexity index is 923. The van der Waals surface area contributed by atoms with E-state index < -0.39 is 24.6 Å². The maximum absolute atomic E-state index is 13.2. The van der Waals surface area contributed by atoms with Gasteiger partial charge in [-0.2, -0.15) is 36.6 Å². The van der Waals surface area contributed by atoms with Crippen LogP contribution in [-0.4, -0.2) is 33.7 Å². The molecule has 2 heterocycles. The number of hydrogen-bond donors (Lipinski definition) is 0. The number of alkyl halides is 5. The number of rotatable bonds is 7. The van der Waals surface area contributed by atoms with Gasteiger partial charge in [-0.15, -0.1) is 0 Å². The lowest BCUT2D eigenvalue weighted by atomic mass is 9.85. The van der Waals surface area contributed by atoms with Crippen molar-refractivity contribution < 1.29 is 36.3 Å². The lowest BCUT2D eigenvalue weighted by Gasteiger charge is -2.27. The average Bonchev–Trinajstić information content (AvgIpc) is 2.96. The maximum atomic E-state index is 13.2. The fourth-order valence-electron chi connectivity index (χ4n) is 2.73. The predicted molar refractivity (Wildman–Crippen MR) is 101 cm³/mol. The molecule has 0 spiro atoms. The molecule has 0 aliphatic heterocycles. The Morgan fingerprint density at radius 1 is 1.23 bits per heavy atom. The first-order chi connectivity index (χ1) is 14.3. The van der Waals surface area contributed by atoms with Crippen LogP contribution in [0.25, 0.3) is 11.4 Å². The molecule has 0 bridgehead atoms. The van der Waals surface area contributed by atoms with E-state index in [1.807, 2.05) is 6.92 Å². The molecule has 0 unspecified atom stereocenters. The molecule has 2 rings (SSSR count). The Morgan fingerprint density at radius 3 is 2.26 bits per heavy atom. The molecule has 0 aliphatic rings. The van der Waals surface area contributed by atoms with Crippen LogP contribution in [0.1, 0.15) is 39.0 Å². The number of halogens is 6. The van der Waals surface area contributed by atoms with E-state index in [0.29, 0.717) is 24.4 Å². The first kappa shape index (κ1) is 26.5. The van der Waals surface area contributed by atoms with Crippen LogP contribution in [0.15, 0.2) is 12.3 Å². The minimum atomic E-state index is -4.46. The number of hydrogen-bond acceptors (Lipinski definition) is 5. The highest BCUT2D eigenvalue weighted by Gasteiger charge is 2.47. The molecule has 0 atom stereocenters. The van der Waals surface area contributed by atoms with Crippen molar-refractivity contribution in [3.8, 4) is 17.1 Å². The summed E-state index contributed by atoms with van der Waals surface area (Å²) in [5.74, 6) is -0.343. The van der Waals surface area contributed by atoms with E-state index >= 15 is 0 Å². The van der Waals surface area contributed by atoms with Gasteiger partial charge in [-0.05, 0) is 31.4 Å². The third kappa shape index (κ3) is 6.48. The molecule has 0 N–H and O–H groups in total. The Kier molecular flexibility index (Phi) is 9.13. The van der Waals surface area contributed by atoms with Gasteiger partial charge in [0, 0.05) is 12.7 Å². The summed E-state index contributed by atoms with van der Waals surface area (Å²) in [6.07, 6.45) is -2.92. The fraction of sp³-hybridized carbons (Fsp3) is 0.526. The molecule has 31 heavy (non-hydrogen) atoms. The van der Waals surface area contributed by atoms with Crippen molar-refractivity contribution in [2.24, 2.45) is 5.41 Å². The molecule has 172 valence electrons. The third-order valence-electron chi connectivity index (χ3n) is 4.36. The highest BCUT2D eigenvalue weighted by atomic mass is 35.5. The summed E-state index contributed by atoms with van der Waals surface area (Å²) in [5.41, 5.74) is -1.08. The number of ether oxygens (including phenoxy) is 1. The van der Waals surface area contributed by atoms with Crippen LogP contribution in [0.3, 0.4) is 0 Å². The number of nitrogens with zero attached hydrogens (tertiary/aromatic N) is 3. The average molecular weight is 470 g/mol. The second-order valence-corrected chi connectivity index (χ2v) is 7.37. The van der Waals surface area contributed by atoms with Crippen molar-refractivity contribution >= 4 is 17.8 Å². The highest BCUT2D eigenvalue weighted by molar-refractivity contribution is 6.33. The second-order valence-electron chi connectivity index (χ2n) is 6.99.